The van der Waals surface area contributed by atoms with Crippen molar-refractivity contribution in [2.45, 2.75) is 183 Å². The molecule has 4 saturated heterocycles. The number of nitrogens with zero attached hydrogens (tertiary/aromatic N) is 4. The summed E-state index contributed by atoms with van der Waals surface area (Å²) in [5.74, 6) is 0. The second kappa shape index (κ2) is 38.2. The molecule has 16 atom stereocenters. The Morgan fingerprint density at radius 1 is 0.490 bits per heavy atom. The maximum Gasteiger partial charge on any atom is 0.330 e. The molecule has 0 radical (unpaired) electrons. The van der Waals surface area contributed by atoms with E-state index in [1.165, 1.54) is 27.7 Å². The molecule has 0 aromatic carbocycles. The first-order valence-electron chi connectivity index (χ1n) is 33.9. The summed E-state index contributed by atoms with van der Waals surface area (Å²) in [5, 5.41) is 95.4. The number of nitrogens with one attached hydrogen (secondary N) is 7. The van der Waals surface area contributed by atoms with Gasteiger partial charge in [-0.05, 0) is 155 Å². The lowest BCUT2D eigenvalue weighted by molar-refractivity contribution is -0.0404. The van der Waals surface area contributed by atoms with Gasteiger partial charge in [-0.15, -0.1) is 52.7 Å². The molecule has 0 bridgehead atoms. The minimum Gasteiger partial charge on any atom is -0.388 e. The van der Waals surface area contributed by atoms with Crippen LogP contribution in [0, 0.1) is 0 Å². The van der Waals surface area contributed by atoms with Crippen molar-refractivity contribution in [3.8, 4) is 0 Å². The Morgan fingerprint density at radius 3 is 1.23 bits per heavy atom. The quantitative estimate of drug-likeness (QED) is 0.0260. The molecule has 0 spiro atoms. The van der Waals surface area contributed by atoms with Crippen molar-refractivity contribution >= 4 is 70.1 Å². The van der Waals surface area contributed by atoms with Crippen LogP contribution in [0.3, 0.4) is 0 Å². The van der Waals surface area contributed by atoms with Crippen LogP contribution < -0.4 is 55.0 Å². The molecular weight excluding hydrogens is 1390 g/mol. The van der Waals surface area contributed by atoms with Gasteiger partial charge in [-0.1, -0.05) is 27.4 Å². The Kier molecular flexibility index (Phi) is 33.0. The number of aliphatic hydroxyl groups excluding tert-OH is 8. The highest BCUT2D eigenvalue weighted by atomic mass is 32.1. The summed E-state index contributed by atoms with van der Waals surface area (Å²) in [6, 6.07) is 0. The first-order chi connectivity index (χ1) is 46.5. The maximum atomic E-state index is 12.2. The maximum absolute atomic E-state index is 12.2. The average molecular weight is 1510 g/mol. The fourth-order valence-electron chi connectivity index (χ4n) is 11.4. The van der Waals surface area contributed by atoms with Gasteiger partial charge in [0.2, 0.25) is 0 Å². The summed E-state index contributed by atoms with van der Waals surface area (Å²) in [4.78, 5) is 81.0. The second-order valence-electron chi connectivity index (χ2n) is 29.1. The highest BCUT2D eigenvalue weighted by Crippen LogP contribution is 2.44. The number of ether oxygens (including phenoxy) is 4. The minimum absolute atomic E-state index is 0.139. The molecule has 8 heterocycles. The Balaban J connectivity index is 0.000000241. The normalized spacial score (nSPS) is 27.8. The van der Waals surface area contributed by atoms with E-state index >= 15 is 0 Å². The number of aliphatic hydroxyl groups is 8. The van der Waals surface area contributed by atoms with E-state index in [0.29, 0.717) is 54.2 Å². The summed E-state index contributed by atoms with van der Waals surface area (Å²) >= 11 is 5.14. The molecule has 100 heavy (non-hydrogen) atoms. The van der Waals surface area contributed by atoms with E-state index in [2.05, 4.69) is 121 Å². The summed E-state index contributed by atoms with van der Waals surface area (Å²) in [6.07, 6.45) is 16.6. The zero-order chi connectivity index (χ0) is 75.1. The summed E-state index contributed by atoms with van der Waals surface area (Å²) < 4.78 is 27.1. The van der Waals surface area contributed by atoms with Gasteiger partial charge in [-0.3, -0.25) is 53.7 Å². The van der Waals surface area contributed by atoms with Crippen LogP contribution in [-0.4, -0.2) is 289 Å². The number of hydrogen-bond acceptors (Lipinski definition) is 22. The Morgan fingerprint density at radius 2 is 0.840 bits per heavy atom. The monoisotopic (exact) mass is 1510 g/mol. The highest BCUT2D eigenvalue weighted by molar-refractivity contribution is 7.80. The van der Waals surface area contributed by atoms with Gasteiger partial charge in [-0.2, -0.15) is 0 Å². The molecule has 3 aromatic heterocycles. The molecule has 15 N–H and O–H groups in total. The fourth-order valence-corrected chi connectivity index (χ4v) is 15.4. The third-order valence-corrected chi connectivity index (χ3v) is 23.5. The molecule has 8 rings (SSSR count). The van der Waals surface area contributed by atoms with Crippen molar-refractivity contribution in [1.29, 1.82) is 0 Å². The van der Waals surface area contributed by atoms with Crippen LogP contribution in [0.25, 0.3) is 0 Å². The molecule has 4 fully saturated rings. The van der Waals surface area contributed by atoms with Crippen LogP contribution in [0.1, 0.15) is 101 Å². The summed E-state index contributed by atoms with van der Waals surface area (Å²) in [7, 11) is 1.81. The topological polar surface area (TPSA) is 415 Å². The van der Waals surface area contributed by atoms with Crippen LogP contribution >= 0.6 is 39.8 Å². The molecule has 3 aromatic rings. The van der Waals surface area contributed by atoms with E-state index in [1.807, 2.05) is 27.8 Å². The second-order valence-corrected chi connectivity index (χ2v) is 46.8. The molecule has 0 amide bonds. The predicted octanol–water partition coefficient (Wildman–Crippen LogP) is 0.0565. The molecular formula is C66H115N11O18P4S. The minimum atomic E-state index is -1.29. The molecule has 568 valence electrons. The van der Waals surface area contributed by atoms with Crippen molar-refractivity contribution in [1.82, 2.24) is 54.8 Å². The van der Waals surface area contributed by atoms with Crippen molar-refractivity contribution < 1.29 is 59.8 Å². The number of hydrogen-bond donors (Lipinski definition) is 15. The van der Waals surface area contributed by atoms with E-state index in [0.717, 1.165) is 68.1 Å². The molecule has 34 heteroatoms. The molecule has 29 nitrogen and oxygen atoms in total. The van der Waals surface area contributed by atoms with Crippen LogP contribution in [-0.2, 0) is 38.8 Å². The number of aromatic amines is 3. The molecule has 5 aliphatic heterocycles. The van der Waals surface area contributed by atoms with Gasteiger partial charge in [-0.25, -0.2) is 14.4 Å². The van der Waals surface area contributed by atoms with Crippen LogP contribution in [0.5, 0.6) is 0 Å². The highest BCUT2D eigenvalue weighted by Gasteiger charge is 2.48. The third-order valence-electron chi connectivity index (χ3n) is 17.2. The van der Waals surface area contributed by atoms with Gasteiger partial charge in [0.25, 0.3) is 16.7 Å². The van der Waals surface area contributed by atoms with Gasteiger partial charge < -0.3 is 75.3 Å². The third kappa shape index (κ3) is 25.3. The molecule has 0 saturated carbocycles. The smallest absolute Gasteiger partial charge is 0.330 e. The van der Waals surface area contributed by atoms with Crippen molar-refractivity contribution in [2.24, 2.45) is 0 Å². The number of aromatic nitrogens is 6. The SMILES string of the molecule is C=C1NC(=S)N(C)C=C1[C@@H]1O[C@H](CCP(=C)(C)C)[C@@H](O)[C@H]1O.C=P(C)(C)CC[C@H]1O[C@@H](c2cn(CNCCC)c(=O)[nH]c2=O)[C@H](O)[C@@H]1O.C=P(C)(C)CC[C@H]1O[C@@H](c2cn(CNCCC)c(=O)[nH]c2=O)[C@H](O)[C@@H]1O.C=P(C)(C)CC[C@H]1O[C@@H](n2cc(CNCCC)c(=O)[nH]c2=O)[C@H](O)[C@@H]1O. The Hall–Kier alpha value is -4.19. The number of rotatable bonds is 28. The van der Waals surface area contributed by atoms with Gasteiger partial charge in [0.15, 0.2) is 11.3 Å². The molecule has 0 unspecified atom stereocenters. The Bertz CT molecular complexity index is 3530. The average Bonchev–Trinajstić information content (AvgIpc) is 1.63. The van der Waals surface area contributed by atoms with E-state index in [9.17, 15) is 69.6 Å². The van der Waals surface area contributed by atoms with Crippen LogP contribution in [0.2, 0.25) is 0 Å². The first kappa shape index (κ1) is 86.5. The largest absolute Gasteiger partial charge is 0.388 e. The van der Waals surface area contributed by atoms with E-state index < -0.39 is 153 Å². The molecule has 0 aliphatic carbocycles. The molecule has 5 aliphatic rings. The lowest BCUT2D eigenvalue weighted by Gasteiger charge is -2.30. The van der Waals surface area contributed by atoms with E-state index in [1.54, 1.807) is 11.1 Å². The fraction of sp³-hybridized carbons (Fsp3) is 0.682. The van der Waals surface area contributed by atoms with Gasteiger partial charge in [0.05, 0.1) is 48.9 Å². The lowest BCUT2D eigenvalue weighted by Crippen LogP contribution is -2.42. The predicted molar refractivity (Wildman–Crippen MR) is 411 cm³/mol. The summed E-state index contributed by atoms with van der Waals surface area (Å²) in [6.45, 7) is 24.7. The van der Waals surface area contributed by atoms with Gasteiger partial charge in [0.1, 0.15) is 67.1 Å². The summed E-state index contributed by atoms with van der Waals surface area (Å²) in [5.41, 5.74) is -1.45. The van der Waals surface area contributed by atoms with Crippen molar-refractivity contribution in [3.63, 3.8) is 0 Å². The number of thiocarbonyl (C=S) groups is 1. The lowest BCUT2D eigenvalue weighted by atomic mass is 9.99. The zero-order valence-corrected chi connectivity index (χ0v) is 64.6. The van der Waals surface area contributed by atoms with Gasteiger partial charge >= 0.3 is 17.1 Å². The zero-order valence-electron chi connectivity index (χ0n) is 60.2. The first-order valence-corrected chi connectivity index (χ1v) is 46.5. The van der Waals surface area contributed by atoms with Gasteiger partial charge in [0, 0.05) is 55.2 Å². The van der Waals surface area contributed by atoms with Crippen molar-refractivity contribution in [2.75, 3.05) is 105 Å². The van der Waals surface area contributed by atoms with E-state index in [-0.39, 0.29) is 30.6 Å². The Labute approximate surface area is 591 Å². The standard InChI is InChI=1S/3C17H30N3O5P.C15H25N2O3PS/c2*1-5-7-18-10-20-9-11(16(23)19-17(20)24)15-14(22)13(21)12(25-15)6-8-26(2,3)4;1-5-7-18-9-11-10-20(17(24)19-15(11)23)16-14(22)13(21)12(25-16)6-8-26(2,3)4;1-9-10(8-17(2)15(22)16-9)14-13(19)12(18)11(20-14)6-7-21(3,4)5/h2*9,12-15,18,21-22H,2,5-8,10H2,1,3-4H3,(H,19,23,24);10,12-14,16,18,21-22H,2,5-9H2,1,3-4H3,(H,19,23,24);8,11-14,18-19H,1,3,6-7H2,2,4-5H3,(H,16,22)/t2*12-,13-,14-,15+;12-,13-,14-,16-;11-,12-,13-,14+/m1111/s1. The number of H-pyrrole nitrogens is 3. The van der Waals surface area contributed by atoms with Crippen LogP contribution in [0.15, 0.2) is 71.4 Å². The van der Waals surface area contributed by atoms with E-state index in [4.69, 9.17) is 31.2 Å². The van der Waals surface area contributed by atoms with Crippen LogP contribution in [0.4, 0.5) is 0 Å². The van der Waals surface area contributed by atoms with Crippen molar-refractivity contribution in [3.05, 3.63) is 122 Å².